The zero-order valence-corrected chi connectivity index (χ0v) is 9.43. The second-order valence-corrected chi connectivity index (χ2v) is 4.94. The van der Waals surface area contributed by atoms with E-state index in [0.717, 1.165) is 18.7 Å². The van der Waals surface area contributed by atoms with Gasteiger partial charge in [0.15, 0.2) is 0 Å². The Morgan fingerprint density at radius 3 is 2.56 bits per heavy atom. The summed E-state index contributed by atoms with van der Waals surface area (Å²) in [6.07, 6.45) is 4.87. The van der Waals surface area contributed by atoms with E-state index in [2.05, 4.69) is 0 Å². The van der Waals surface area contributed by atoms with Crippen molar-refractivity contribution in [2.24, 2.45) is 11.8 Å². The predicted molar refractivity (Wildman–Crippen MR) is 64.2 cm³/mol. The Labute approximate surface area is 96.3 Å². The van der Waals surface area contributed by atoms with E-state index in [1.165, 1.54) is 19.3 Å². The summed E-state index contributed by atoms with van der Waals surface area (Å²) in [4.78, 5) is 14.3. The van der Waals surface area contributed by atoms with Crippen LogP contribution in [0.4, 0.5) is 5.69 Å². The van der Waals surface area contributed by atoms with Crippen LogP contribution in [0.2, 0.25) is 0 Å². The van der Waals surface area contributed by atoms with Crippen LogP contribution in [-0.2, 0) is 4.79 Å². The minimum atomic E-state index is 0.314. The molecule has 1 heterocycles. The molecule has 1 aliphatic heterocycles. The smallest absolute Gasteiger partial charge is 0.230 e. The molecule has 1 saturated heterocycles. The summed E-state index contributed by atoms with van der Waals surface area (Å²) in [5.74, 6) is 1.28. The number of amides is 1. The van der Waals surface area contributed by atoms with Gasteiger partial charge >= 0.3 is 0 Å². The molecule has 2 unspecified atom stereocenters. The molecule has 2 atom stereocenters. The Bertz CT molecular complexity index is 387. The SMILES string of the molecule is O=C1C2CCCCC2CN1c1ccccc1. The summed E-state index contributed by atoms with van der Waals surface area (Å²) >= 11 is 0. The van der Waals surface area contributed by atoms with Crippen molar-refractivity contribution in [2.75, 3.05) is 11.4 Å². The van der Waals surface area contributed by atoms with Crippen LogP contribution in [0.1, 0.15) is 25.7 Å². The highest BCUT2D eigenvalue weighted by molar-refractivity contribution is 5.97. The third kappa shape index (κ3) is 1.53. The lowest BCUT2D eigenvalue weighted by Crippen LogP contribution is -2.26. The maximum absolute atomic E-state index is 12.3. The molecule has 16 heavy (non-hydrogen) atoms. The van der Waals surface area contributed by atoms with Crippen molar-refractivity contribution in [3.8, 4) is 0 Å². The first-order valence-corrected chi connectivity index (χ1v) is 6.23. The van der Waals surface area contributed by atoms with E-state index in [-0.39, 0.29) is 0 Å². The molecule has 0 N–H and O–H groups in total. The first-order chi connectivity index (χ1) is 7.86. The Morgan fingerprint density at radius 1 is 1.06 bits per heavy atom. The third-order valence-corrected chi connectivity index (χ3v) is 3.98. The van der Waals surface area contributed by atoms with E-state index in [1.807, 2.05) is 35.2 Å². The minimum Gasteiger partial charge on any atom is -0.312 e. The van der Waals surface area contributed by atoms with Gasteiger partial charge in [-0.15, -0.1) is 0 Å². The molecule has 2 nitrogen and oxygen atoms in total. The highest BCUT2D eigenvalue weighted by Gasteiger charge is 2.41. The maximum Gasteiger partial charge on any atom is 0.230 e. The van der Waals surface area contributed by atoms with E-state index in [0.29, 0.717) is 17.7 Å². The molecule has 0 aromatic heterocycles. The second-order valence-electron chi connectivity index (χ2n) is 4.94. The normalized spacial score (nSPS) is 29.2. The zero-order valence-electron chi connectivity index (χ0n) is 9.43. The van der Waals surface area contributed by atoms with E-state index >= 15 is 0 Å². The largest absolute Gasteiger partial charge is 0.312 e. The third-order valence-electron chi connectivity index (χ3n) is 3.98. The number of carbonyl (C=O) groups excluding carboxylic acids is 1. The van der Waals surface area contributed by atoms with Crippen LogP contribution in [-0.4, -0.2) is 12.5 Å². The van der Waals surface area contributed by atoms with Crippen molar-refractivity contribution in [1.29, 1.82) is 0 Å². The number of anilines is 1. The Morgan fingerprint density at radius 2 is 1.81 bits per heavy atom. The van der Waals surface area contributed by atoms with Gasteiger partial charge in [0.2, 0.25) is 5.91 Å². The number of carbonyl (C=O) groups is 1. The van der Waals surface area contributed by atoms with E-state index in [1.54, 1.807) is 0 Å². The average molecular weight is 215 g/mol. The Balaban J connectivity index is 1.86. The van der Waals surface area contributed by atoms with Crippen molar-refractivity contribution in [3.05, 3.63) is 30.3 Å². The highest BCUT2D eigenvalue weighted by Crippen LogP contribution is 2.38. The quantitative estimate of drug-likeness (QED) is 0.705. The molecule has 84 valence electrons. The lowest BCUT2D eigenvalue weighted by atomic mass is 9.81. The molecule has 2 heteroatoms. The number of benzene rings is 1. The van der Waals surface area contributed by atoms with Gasteiger partial charge in [-0.2, -0.15) is 0 Å². The van der Waals surface area contributed by atoms with Crippen molar-refractivity contribution in [3.63, 3.8) is 0 Å². The van der Waals surface area contributed by atoms with Crippen LogP contribution in [0, 0.1) is 11.8 Å². The predicted octanol–water partition coefficient (Wildman–Crippen LogP) is 2.84. The van der Waals surface area contributed by atoms with Gasteiger partial charge in [0.25, 0.3) is 0 Å². The number of rotatable bonds is 1. The van der Waals surface area contributed by atoms with Crippen molar-refractivity contribution < 1.29 is 4.79 Å². The number of hydrogen-bond donors (Lipinski definition) is 0. The molecular weight excluding hydrogens is 198 g/mol. The molecule has 0 bridgehead atoms. The fraction of sp³-hybridized carbons (Fsp3) is 0.500. The van der Waals surface area contributed by atoms with E-state index < -0.39 is 0 Å². The van der Waals surface area contributed by atoms with E-state index in [9.17, 15) is 4.79 Å². The summed E-state index contributed by atoms with van der Waals surface area (Å²) in [6, 6.07) is 10.1. The number of hydrogen-bond acceptors (Lipinski definition) is 1. The molecule has 1 saturated carbocycles. The fourth-order valence-electron chi connectivity index (χ4n) is 3.12. The molecule has 2 fully saturated rings. The molecular formula is C14H17NO. The summed E-state index contributed by atoms with van der Waals surface area (Å²) in [5, 5.41) is 0. The van der Waals surface area contributed by atoms with Crippen molar-refractivity contribution in [1.82, 2.24) is 0 Å². The van der Waals surface area contributed by atoms with Crippen LogP contribution >= 0.6 is 0 Å². The first-order valence-electron chi connectivity index (χ1n) is 6.23. The van der Waals surface area contributed by atoms with Crippen molar-refractivity contribution in [2.45, 2.75) is 25.7 Å². The zero-order chi connectivity index (χ0) is 11.0. The summed E-state index contributed by atoms with van der Waals surface area (Å²) in [7, 11) is 0. The van der Waals surface area contributed by atoms with Crippen LogP contribution in [0.25, 0.3) is 0 Å². The van der Waals surface area contributed by atoms with Crippen LogP contribution < -0.4 is 4.90 Å². The lowest BCUT2D eigenvalue weighted by Gasteiger charge is -2.21. The standard InChI is InChI=1S/C14H17NO/c16-14-13-9-5-4-6-11(13)10-15(14)12-7-2-1-3-8-12/h1-3,7-8,11,13H,4-6,9-10H2. The fourth-order valence-corrected chi connectivity index (χ4v) is 3.12. The minimum absolute atomic E-state index is 0.314. The Kier molecular flexibility index (Phi) is 2.43. The topological polar surface area (TPSA) is 20.3 Å². The Hall–Kier alpha value is -1.31. The monoisotopic (exact) mass is 215 g/mol. The van der Waals surface area contributed by atoms with Gasteiger partial charge in [-0.25, -0.2) is 0 Å². The summed E-state index contributed by atoms with van der Waals surface area (Å²) < 4.78 is 0. The second kappa shape index (κ2) is 3.93. The molecule has 3 rings (SSSR count). The molecule has 1 aromatic carbocycles. The van der Waals surface area contributed by atoms with Gasteiger partial charge in [-0.3, -0.25) is 4.79 Å². The van der Waals surface area contributed by atoms with E-state index in [4.69, 9.17) is 0 Å². The molecule has 0 spiro atoms. The van der Waals surface area contributed by atoms with Crippen LogP contribution in [0.15, 0.2) is 30.3 Å². The maximum atomic E-state index is 12.3. The van der Waals surface area contributed by atoms with Gasteiger partial charge in [0.05, 0.1) is 0 Å². The molecule has 0 radical (unpaired) electrons. The molecule has 1 amide bonds. The summed E-state index contributed by atoms with van der Waals surface area (Å²) in [6.45, 7) is 0.938. The summed E-state index contributed by atoms with van der Waals surface area (Å²) in [5.41, 5.74) is 1.07. The number of nitrogens with zero attached hydrogens (tertiary/aromatic N) is 1. The first kappa shape index (κ1) is 9.88. The van der Waals surface area contributed by atoms with Crippen molar-refractivity contribution >= 4 is 11.6 Å². The molecule has 2 aliphatic rings. The molecule has 1 aromatic rings. The van der Waals surface area contributed by atoms with Gasteiger partial charge in [0.1, 0.15) is 0 Å². The molecule has 1 aliphatic carbocycles. The lowest BCUT2D eigenvalue weighted by molar-refractivity contribution is -0.121. The van der Waals surface area contributed by atoms with Gasteiger partial charge in [-0.1, -0.05) is 31.0 Å². The average Bonchev–Trinajstić information content (AvgIpc) is 2.69. The van der Waals surface area contributed by atoms with Gasteiger partial charge in [0, 0.05) is 18.2 Å². The van der Waals surface area contributed by atoms with Gasteiger partial charge in [-0.05, 0) is 30.9 Å². The van der Waals surface area contributed by atoms with Crippen LogP contribution in [0.5, 0.6) is 0 Å². The number of para-hydroxylation sites is 1. The highest BCUT2D eigenvalue weighted by atomic mass is 16.2. The van der Waals surface area contributed by atoms with Gasteiger partial charge < -0.3 is 4.90 Å². The number of fused-ring (bicyclic) bond motifs is 1. The van der Waals surface area contributed by atoms with Crippen LogP contribution in [0.3, 0.4) is 0 Å².